The van der Waals surface area contributed by atoms with Crippen molar-refractivity contribution < 1.29 is 24.1 Å². The van der Waals surface area contributed by atoms with Gasteiger partial charge in [-0.05, 0) is 32.2 Å². The van der Waals surface area contributed by atoms with Crippen LogP contribution >= 0.6 is 0 Å². The van der Waals surface area contributed by atoms with Gasteiger partial charge in [-0.25, -0.2) is 4.79 Å². The predicted molar refractivity (Wildman–Crippen MR) is 77.3 cm³/mol. The summed E-state index contributed by atoms with van der Waals surface area (Å²) in [5.74, 6) is -0.0000164. The molecular formula is C15H21NO5. The molecular weight excluding hydrogens is 274 g/mol. The molecule has 0 amide bonds. The summed E-state index contributed by atoms with van der Waals surface area (Å²) in [4.78, 5) is 13.2. The fourth-order valence-corrected chi connectivity index (χ4v) is 2.18. The number of carboxylic acid groups (broad SMARTS) is 1. The summed E-state index contributed by atoms with van der Waals surface area (Å²) >= 11 is 0. The molecule has 2 rings (SSSR count). The zero-order valence-electron chi connectivity index (χ0n) is 12.4. The number of nitrogens with zero attached hydrogens (tertiary/aromatic N) is 1. The summed E-state index contributed by atoms with van der Waals surface area (Å²) in [6.07, 6.45) is 0.0115. The van der Waals surface area contributed by atoms with Crippen molar-refractivity contribution in [3.8, 4) is 11.5 Å². The predicted octanol–water partition coefficient (Wildman–Crippen LogP) is 1.49. The molecule has 1 saturated heterocycles. The molecule has 0 radical (unpaired) electrons. The zero-order chi connectivity index (χ0) is 15.2. The van der Waals surface area contributed by atoms with Gasteiger partial charge in [0.2, 0.25) is 0 Å². The normalized spacial score (nSPS) is 19.2. The van der Waals surface area contributed by atoms with E-state index in [1.54, 1.807) is 6.07 Å². The average molecular weight is 295 g/mol. The average Bonchev–Trinajstić information content (AvgIpc) is 2.46. The Morgan fingerprint density at radius 2 is 2.24 bits per heavy atom. The molecule has 1 atom stereocenters. The molecule has 0 saturated carbocycles. The number of likely N-dealkylation sites (N-methyl/N-ethyl adjacent to an activating group) is 1. The molecule has 1 aromatic rings. The third-order valence-electron chi connectivity index (χ3n) is 3.26. The van der Waals surface area contributed by atoms with Crippen LogP contribution in [0.3, 0.4) is 0 Å². The van der Waals surface area contributed by atoms with Crippen LogP contribution in [0.15, 0.2) is 18.2 Å². The molecule has 6 nitrogen and oxygen atoms in total. The van der Waals surface area contributed by atoms with E-state index in [1.807, 2.05) is 14.0 Å². The minimum absolute atomic E-state index is 0.0115. The highest BCUT2D eigenvalue weighted by molar-refractivity contribution is 5.88. The molecule has 1 aliphatic heterocycles. The highest BCUT2D eigenvalue weighted by Gasteiger charge is 2.19. The molecule has 116 valence electrons. The minimum atomic E-state index is -0.986. The number of aromatic carboxylic acids is 1. The summed E-state index contributed by atoms with van der Waals surface area (Å²) in [6, 6.07) is 4.62. The fraction of sp³-hybridized carbons (Fsp3) is 0.533. The van der Waals surface area contributed by atoms with Gasteiger partial charge in [-0.15, -0.1) is 0 Å². The first-order valence-corrected chi connectivity index (χ1v) is 7.03. The van der Waals surface area contributed by atoms with Crippen molar-refractivity contribution in [3.05, 3.63) is 23.8 Å². The van der Waals surface area contributed by atoms with E-state index in [4.69, 9.17) is 19.3 Å². The molecule has 0 spiro atoms. The molecule has 1 heterocycles. The Morgan fingerprint density at radius 3 is 2.90 bits per heavy atom. The van der Waals surface area contributed by atoms with E-state index in [0.29, 0.717) is 31.3 Å². The lowest BCUT2D eigenvalue weighted by atomic mass is 10.2. The second kappa shape index (κ2) is 7.28. The van der Waals surface area contributed by atoms with E-state index in [2.05, 4.69) is 4.90 Å². The van der Waals surface area contributed by atoms with Crippen LogP contribution in [-0.2, 0) is 4.74 Å². The van der Waals surface area contributed by atoms with E-state index in [9.17, 15) is 4.79 Å². The summed E-state index contributed by atoms with van der Waals surface area (Å²) in [5.41, 5.74) is 0.180. The molecule has 1 fully saturated rings. The van der Waals surface area contributed by atoms with E-state index in [-0.39, 0.29) is 11.7 Å². The van der Waals surface area contributed by atoms with Crippen molar-refractivity contribution >= 4 is 5.97 Å². The van der Waals surface area contributed by atoms with Crippen LogP contribution in [0.2, 0.25) is 0 Å². The lowest BCUT2D eigenvalue weighted by Gasteiger charge is -2.30. The van der Waals surface area contributed by atoms with Gasteiger partial charge in [-0.1, -0.05) is 0 Å². The zero-order valence-corrected chi connectivity index (χ0v) is 12.4. The number of hydrogen-bond acceptors (Lipinski definition) is 5. The van der Waals surface area contributed by atoms with Crippen LogP contribution in [0.5, 0.6) is 11.5 Å². The van der Waals surface area contributed by atoms with Crippen molar-refractivity contribution in [2.24, 2.45) is 0 Å². The van der Waals surface area contributed by atoms with Crippen LogP contribution in [0.1, 0.15) is 17.3 Å². The Morgan fingerprint density at radius 1 is 1.43 bits per heavy atom. The van der Waals surface area contributed by atoms with Crippen molar-refractivity contribution in [3.63, 3.8) is 0 Å². The number of rotatable bonds is 6. The summed E-state index contributed by atoms with van der Waals surface area (Å²) < 4.78 is 16.8. The second-order valence-corrected chi connectivity index (χ2v) is 4.97. The molecule has 21 heavy (non-hydrogen) atoms. The van der Waals surface area contributed by atoms with Crippen LogP contribution in [-0.4, -0.2) is 62.0 Å². The second-order valence-electron chi connectivity index (χ2n) is 4.97. The molecule has 6 heteroatoms. The molecule has 0 aromatic heterocycles. The first-order chi connectivity index (χ1) is 10.1. The molecule has 1 aliphatic rings. The van der Waals surface area contributed by atoms with Crippen LogP contribution in [0.4, 0.5) is 0 Å². The van der Waals surface area contributed by atoms with Gasteiger partial charge in [0, 0.05) is 13.1 Å². The van der Waals surface area contributed by atoms with Gasteiger partial charge < -0.3 is 24.2 Å². The first-order valence-electron chi connectivity index (χ1n) is 7.03. The third-order valence-corrected chi connectivity index (χ3v) is 3.26. The number of benzene rings is 1. The quantitative estimate of drug-likeness (QED) is 0.857. The Bertz CT molecular complexity index is 491. The van der Waals surface area contributed by atoms with Gasteiger partial charge in [0.1, 0.15) is 12.7 Å². The maximum Gasteiger partial charge on any atom is 0.335 e. The molecule has 1 unspecified atom stereocenters. The number of ether oxygens (including phenoxy) is 3. The van der Waals surface area contributed by atoms with E-state index in [1.165, 1.54) is 12.1 Å². The number of carboxylic acids is 1. The maximum atomic E-state index is 11.0. The fourth-order valence-electron chi connectivity index (χ4n) is 2.18. The van der Waals surface area contributed by atoms with Crippen molar-refractivity contribution in [2.75, 3.05) is 40.0 Å². The highest BCUT2D eigenvalue weighted by atomic mass is 16.5. The smallest absolute Gasteiger partial charge is 0.335 e. The Labute approximate surface area is 124 Å². The molecule has 0 bridgehead atoms. The lowest BCUT2D eigenvalue weighted by molar-refractivity contribution is -0.0406. The maximum absolute atomic E-state index is 11.0. The summed E-state index contributed by atoms with van der Waals surface area (Å²) in [6.45, 7) is 5.14. The monoisotopic (exact) mass is 295 g/mol. The summed E-state index contributed by atoms with van der Waals surface area (Å²) in [7, 11) is 2.04. The van der Waals surface area contributed by atoms with Crippen molar-refractivity contribution in [2.45, 2.75) is 13.0 Å². The lowest BCUT2D eigenvalue weighted by Crippen LogP contribution is -2.42. The van der Waals surface area contributed by atoms with Gasteiger partial charge in [-0.2, -0.15) is 0 Å². The van der Waals surface area contributed by atoms with Gasteiger partial charge in [-0.3, -0.25) is 0 Å². The number of hydrogen-bond donors (Lipinski definition) is 1. The van der Waals surface area contributed by atoms with E-state index >= 15 is 0 Å². The molecule has 0 aliphatic carbocycles. The standard InChI is InChI=1S/C15H21NO5/c1-3-19-14-8-11(15(17)18)4-5-13(14)21-10-12-9-16(2)6-7-20-12/h4-5,8,12H,3,6-7,9-10H2,1-2H3,(H,17,18). The van der Waals surface area contributed by atoms with E-state index in [0.717, 1.165) is 13.1 Å². The number of morpholine rings is 1. The summed E-state index contributed by atoms with van der Waals surface area (Å²) in [5, 5.41) is 9.01. The van der Waals surface area contributed by atoms with Crippen LogP contribution < -0.4 is 9.47 Å². The third kappa shape index (κ3) is 4.34. The van der Waals surface area contributed by atoms with Crippen LogP contribution in [0.25, 0.3) is 0 Å². The van der Waals surface area contributed by atoms with Gasteiger partial charge in [0.05, 0.1) is 18.8 Å². The van der Waals surface area contributed by atoms with E-state index < -0.39 is 5.97 Å². The number of carbonyl (C=O) groups is 1. The highest BCUT2D eigenvalue weighted by Crippen LogP contribution is 2.29. The molecule has 1 aromatic carbocycles. The molecule has 1 N–H and O–H groups in total. The van der Waals surface area contributed by atoms with Crippen molar-refractivity contribution in [1.29, 1.82) is 0 Å². The van der Waals surface area contributed by atoms with Gasteiger partial charge in [0.15, 0.2) is 11.5 Å². The Kier molecular flexibility index (Phi) is 5.41. The Hall–Kier alpha value is -1.79. The van der Waals surface area contributed by atoms with Gasteiger partial charge >= 0.3 is 5.97 Å². The first kappa shape index (κ1) is 15.6. The van der Waals surface area contributed by atoms with Crippen LogP contribution in [0, 0.1) is 0 Å². The Balaban J connectivity index is 2.02. The minimum Gasteiger partial charge on any atom is -0.490 e. The van der Waals surface area contributed by atoms with Crippen molar-refractivity contribution in [1.82, 2.24) is 4.90 Å². The topological polar surface area (TPSA) is 68.2 Å². The van der Waals surface area contributed by atoms with Gasteiger partial charge in [0.25, 0.3) is 0 Å². The SMILES string of the molecule is CCOc1cc(C(=O)O)ccc1OCC1CN(C)CCO1. The largest absolute Gasteiger partial charge is 0.490 e.